The van der Waals surface area contributed by atoms with Crippen LogP contribution in [0.1, 0.15) is 35.4 Å². The van der Waals surface area contributed by atoms with Crippen LogP contribution < -0.4 is 0 Å². The van der Waals surface area contributed by atoms with Crippen LogP contribution in [0.25, 0.3) is 10.4 Å². The maximum Gasteiger partial charge on any atom is 0.263 e. The van der Waals surface area contributed by atoms with Crippen molar-refractivity contribution >= 4 is 17.2 Å². The smallest absolute Gasteiger partial charge is 0.263 e. The minimum atomic E-state index is 0.216. The Kier molecular flexibility index (Phi) is 5.18. The lowest BCUT2D eigenvalue weighted by molar-refractivity contribution is 0.0787. The molecule has 2 aromatic rings. The molecule has 25 heavy (non-hydrogen) atoms. The largest absolute Gasteiger partial charge is 0.338 e. The number of rotatable bonds is 4. The standard InChI is InChI=1S/C21H26N2OS/c24-21(20-10-9-19(25-20)18-7-3-1-4-8-18)23-14-11-17(16-23)15-22-12-5-2-6-13-22/h1,3-4,7-10,17H,2,5-6,11-16H2. The molecule has 0 saturated carbocycles. The zero-order valence-corrected chi connectivity index (χ0v) is 15.5. The van der Waals surface area contributed by atoms with Gasteiger partial charge in [0.25, 0.3) is 5.91 Å². The van der Waals surface area contributed by atoms with Crippen molar-refractivity contribution in [2.75, 3.05) is 32.7 Å². The van der Waals surface area contributed by atoms with E-state index in [4.69, 9.17) is 0 Å². The Labute approximate surface area is 154 Å². The molecule has 1 aromatic carbocycles. The summed E-state index contributed by atoms with van der Waals surface area (Å²) >= 11 is 1.62. The highest BCUT2D eigenvalue weighted by atomic mass is 32.1. The van der Waals surface area contributed by atoms with Gasteiger partial charge in [0.05, 0.1) is 4.88 Å². The predicted octanol–water partition coefficient (Wildman–Crippen LogP) is 4.36. The second-order valence-corrected chi connectivity index (χ2v) is 8.38. The maximum absolute atomic E-state index is 12.9. The molecule has 2 saturated heterocycles. The highest BCUT2D eigenvalue weighted by Gasteiger charge is 2.29. The van der Waals surface area contributed by atoms with Crippen molar-refractivity contribution in [1.82, 2.24) is 9.80 Å². The summed E-state index contributed by atoms with van der Waals surface area (Å²) in [7, 11) is 0. The molecule has 3 heterocycles. The van der Waals surface area contributed by atoms with E-state index >= 15 is 0 Å². The van der Waals surface area contributed by atoms with Crippen molar-refractivity contribution in [3.63, 3.8) is 0 Å². The molecule has 2 aliphatic rings. The van der Waals surface area contributed by atoms with Crippen LogP contribution in [0, 0.1) is 5.92 Å². The number of piperidine rings is 1. The second-order valence-electron chi connectivity index (χ2n) is 7.30. The Hall–Kier alpha value is -1.65. The number of amides is 1. The Morgan fingerprint density at radius 2 is 1.80 bits per heavy atom. The van der Waals surface area contributed by atoms with E-state index in [1.54, 1.807) is 11.3 Å². The van der Waals surface area contributed by atoms with Crippen LogP contribution in [-0.4, -0.2) is 48.4 Å². The number of nitrogens with zero attached hydrogens (tertiary/aromatic N) is 2. The normalized spacial score (nSPS) is 21.6. The molecule has 0 N–H and O–H groups in total. The number of thiophene rings is 1. The van der Waals surface area contributed by atoms with Gasteiger partial charge in [-0.05, 0) is 56.0 Å². The van der Waals surface area contributed by atoms with Gasteiger partial charge in [0, 0.05) is 24.5 Å². The highest BCUT2D eigenvalue weighted by Crippen LogP contribution is 2.30. The first kappa shape index (κ1) is 16.8. The fourth-order valence-electron chi connectivity index (χ4n) is 4.04. The quantitative estimate of drug-likeness (QED) is 0.814. The predicted molar refractivity (Wildman–Crippen MR) is 104 cm³/mol. The van der Waals surface area contributed by atoms with Gasteiger partial charge in [-0.15, -0.1) is 11.3 Å². The second kappa shape index (κ2) is 7.71. The molecule has 1 aromatic heterocycles. The molecule has 4 heteroatoms. The molecule has 0 spiro atoms. The zero-order chi connectivity index (χ0) is 17.1. The van der Waals surface area contributed by atoms with E-state index in [-0.39, 0.29) is 5.91 Å². The highest BCUT2D eigenvalue weighted by molar-refractivity contribution is 7.17. The maximum atomic E-state index is 12.9. The van der Waals surface area contributed by atoms with E-state index in [2.05, 4.69) is 28.0 Å². The summed E-state index contributed by atoms with van der Waals surface area (Å²) in [5, 5.41) is 0. The SMILES string of the molecule is O=C(c1ccc(-c2ccccc2)s1)N1CCC(CN2CCCCC2)C1. The minimum Gasteiger partial charge on any atom is -0.338 e. The summed E-state index contributed by atoms with van der Waals surface area (Å²) in [4.78, 5) is 19.6. The lowest BCUT2D eigenvalue weighted by Gasteiger charge is -2.28. The summed E-state index contributed by atoms with van der Waals surface area (Å²) in [5.41, 5.74) is 1.19. The molecule has 1 atom stereocenters. The number of likely N-dealkylation sites (tertiary alicyclic amines) is 2. The van der Waals surface area contributed by atoms with Gasteiger partial charge in [0.15, 0.2) is 0 Å². The van der Waals surface area contributed by atoms with Crippen LogP contribution >= 0.6 is 11.3 Å². The van der Waals surface area contributed by atoms with E-state index < -0.39 is 0 Å². The molecule has 0 radical (unpaired) electrons. The average molecular weight is 355 g/mol. The summed E-state index contributed by atoms with van der Waals surface area (Å²) < 4.78 is 0. The first-order chi connectivity index (χ1) is 12.3. The van der Waals surface area contributed by atoms with Crippen LogP contribution in [0.3, 0.4) is 0 Å². The van der Waals surface area contributed by atoms with Crippen LogP contribution in [-0.2, 0) is 0 Å². The van der Waals surface area contributed by atoms with Crippen LogP contribution in [0.15, 0.2) is 42.5 Å². The van der Waals surface area contributed by atoms with Gasteiger partial charge in [-0.25, -0.2) is 0 Å². The van der Waals surface area contributed by atoms with Gasteiger partial charge in [-0.2, -0.15) is 0 Å². The fraction of sp³-hybridized carbons (Fsp3) is 0.476. The van der Waals surface area contributed by atoms with Gasteiger partial charge >= 0.3 is 0 Å². The third-order valence-corrected chi connectivity index (χ3v) is 6.54. The minimum absolute atomic E-state index is 0.216. The number of hydrogen-bond donors (Lipinski definition) is 0. The molecule has 3 nitrogen and oxygen atoms in total. The fourth-order valence-corrected chi connectivity index (χ4v) is 5.02. The Balaban J connectivity index is 1.36. The summed E-state index contributed by atoms with van der Waals surface area (Å²) in [5.74, 6) is 0.865. The van der Waals surface area contributed by atoms with Gasteiger partial charge in [0.1, 0.15) is 0 Å². The first-order valence-corrected chi connectivity index (χ1v) is 10.3. The van der Waals surface area contributed by atoms with E-state index in [1.165, 1.54) is 49.3 Å². The third kappa shape index (κ3) is 3.96. The third-order valence-electron chi connectivity index (χ3n) is 5.41. The molecule has 0 bridgehead atoms. The summed E-state index contributed by atoms with van der Waals surface area (Å²) in [6.45, 7) is 5.50. The first-order valence-electron chi connectivity index (χ1n) is 9.46. The lowest BCUT2D eigenvalue weighted by Crippen LogP contribution is -2.36. The van der Waals surface area contributed by atoms with Crippen LogP contribution in [0.4, 0.5) is 0 Å². The van der Waals surface area contributed by atoms with Crippen LogP contribution in [0.5, 0.6) is 0 Å². The number of carbonyl (C=O) groups excluding carboxylic acids is 1. The molecule has 1 amide bonds. The van der Waals surface area contributed by atoms with Gasteiger partial charge in [-0.3, -0.25) is 4.79 Å². The van der Waals surface area contributed by atoms with E-state index in [0.717, 1.165) is 24.4 Å². The van der Waals surface area contributed by atoms with Gasteiger partial charge < -0.3 is 9.80 Å². The topological polar surface area (TPSA) is 23.6 Å². The molecule has 1 unspecified atom stereocenters. The molecular formula is C21H26N2OS. The van der Waals surface area contributed by atoms with Crippen molar-refractivity contribution in [1.29, 1.82) is 0 Å². The van der Waals surface area contributed by atoms with Crippen molar-refractivity contribution in [3.05, 3.63) is 47.3 Å². The van der Waals surface area contributed by atoms with E-state index in [0.29, 0.717) is 5.92 Å². The summed E-state index contributed by atoms with van der Waals surface area (Å²) in [6, 6.07) is 14.4. The Morgan fingerprint density at radius 1 is 1.00 bits per heavy atom. The van der Waals surface area contributed by atoms with Crippen molar-refractivity contribution in [2.45, 2.75) is 25.7 Å². The number of hydrogen-bond acceptors (Lipinski definition) is 3. The number of carbonyl (C=O) groups is 1. The number of benzene rings is 1. The van der Waals surface area contributed by atoms with Crippen LogP contribution in [0.2, 0.25) is 0 Å². The van der Waals surface area contributed by atoms with Gasteiger partial charge in [-0.1, -0.05) is 36.8 Å². The van der Waals surface area contributed by atoms with Gasteiger partial charge in [0.2, 0.25) is 0 Å². The molecule has 2 fully saturated rings. The van der Waals surface area contributed by atoms with Crippen molar-refractivity contribution in [2.24, 2.45) is 5.92 Å². The molecule has 0 aliphatic carbocycles. The molecule has 132 valence electrons. The average Bonchev–Trinajstić information content (AvgIpc) is 3.33. The van der Waals surface area contributed by atoms with E-state index in [9.17, 15) is 4.79 Å². The Bertz CT molecular complexity index is 706. The molecular weight excluding hydrogens is 328 g/mol. The summed E-state index contributed by atoms with van der Waals surface area (Å²) in [6.07, 6.45) is 5.21. The molecule has 4 rings (SSSR count). The zero-order valence-electron chi connectivity index (χ0n) is 14.7. The Morgan fingerprint density at radius 3 is 2.60 bits per heavy atom. The van der Waals surface area contributed by atoms with Crippen molar-refractivity contribution < 1.29 is 4.79 Å². The monoisotopic (exact) mass is 354 g/mol. The van der Waals surface area contributed by atoms with Crippen molar-refractivity contribution in [3.8, 4) is 10.4 Å². The van der Waals surface area contributed by atoms with E-state index in [1.807, 2.05) is 24.3 Å². The molecule has 2 aliphatic heterocycles. The lowest BCUT2D eigenvalue weighted by atomic mass is 10.1.